The summed E-state index contributed by atoms with van der Waals surface area (Å²) in [5.74, 6) is 0.0418. The second-order valence-corrected chi connectivity index (χ2v) is 6.48. The van der Waals surface area contributed by atoms with Gasteiger partial charge in [-0.1, -0.05) is 12.1 Å². The molecule has 0 amide bonds. The Morgan fingerprint density at radius 1 is 1.07 bits per heavy atom. The van der Waals surface area contributed by atoms with E-state index in [0.717, 1.165) is 18.8 Å². The van der Waals surface area contributed by atoms with Crippen LogP contribution in [-0.2, 0) is 4.74 Å². The molecule has 1 aliphatic heterocycles. The molecular formula is C22H20N4O4. The van der Waals surface area contributed by atoms with Crippen molar-refractivity contribution in [2.75, 3.05) is 25.0 Å². The molecule has 0 unspecified atom stereocenters. The molecule has 1 aromatic heterocycles. The van der Waals surface area contributed by atoms with Crippen LogP contribution in [0.3, 0.4) is 0 Å². The number of nitrogens with one attached hydrogen (secondary N) is 2. The largest absolute Gasteiger partial charge is 0.461 e. The fourth-order valence-electron chi connectivity index (χ4n) is 3.10. The third-order valence-electron chi connectivity index (χ3n) is 4.50. The van der Waals surface area contributed by atoms with Crippen molar-refractivity contribution in [3.63, 3.8) is 0 Å². The lowest BCUT2D eigenvalue weighted by molar-refractivity contribution is 0.0522. The van der Waals surface area contributed by atoms with Crippen LogP contribution < -0.4 is 15.4 Å². The van der Waals surface area contributed by atoms with Gasteiger partial charge in [0.25, 0.3) is 0 Å². The first-order valence-corrected chi connectivity index (χ1v) is 9.58. The number of hydrogen-bond acceptors (Lipinski definition) is 8. The standard InChI is InChI=1S/C22H20N4O4/c1-2-29-21(28)19-17-4-3-5-18(16(17)10-11-23-19)30-20(27)14-6-8-15(9-7-14)26-22-24-12-13-25-22/h3-11H,2,12-13H2,1H3,(H2,24,25,26). The molecule has 1 aliphatic rings. The first-order chi connectivity index (χ1) is 14.7. The summed E-state index contributed by atoms with van der Waals surface area (Å²) in [6.07, 6.45) is 1.49. The number of guanidine groups is 1. The zero-order valence-corrected chi connectivity index (χ0v) is 16.3. The lowest BCUT2D eigenvalue weighted by atomic mass is 10.1. The molecular weight excluding hydrogens is 384 g/mol. The van der Waals surface area contributed by atoms with Gasteiger partial charge in [-0.15, -0.1) is 0 Å². The van der Waals surface area contributed by atoms with Crippen molar-refractivity contribution in [2.45, 2.75) is 6.92 Å². The minimum atomic E-state index is -0.518. The van der Waals surface area contributed by atoms with Gasteiger partial charge in [0.2, 0.25) is 0 Å². The first-order valence-electron chi connectivity index (χ1n) is 9.58. The zero-order valence-electron chi connectivity index (χ0n) is 16.3. The van der Waals surface area contributed by atoms with Crippen LogP contribution in [0.15, 0.2) is 59.7 Å². The third-order valence-corrected chi connectivity index (χ3v) is 4.50. The molecule has 2 aromatic carbocycles. The maximum Gasteiger partial charge on any atom is 0.357 e. The van der Waals surface area contributed by atoms with Crippen LogP contribution in [0.4, 0.5) is 5.69 Å². The Bertz CT molecular complexity index is 1130. The lowest BCUT2D eigenvalue weighted by Gasteiger charge is -2.10. The van der Waals surface area contributed by atoms with E-state index >= 15 is 0 Å². The number of fused-ring (bicyclic) bond motifs is 1. The van der Waals surface area contributed by atoms with Gasteiger partial charge in [0.15, 0.2) is 11.7 Å². The summed E-state index contributed by atoms with van der Waals surface area (Å²) in [5, 5.41) is 7.43. The van der Waals surface area contributed by atoms with E-state index in [1.165, 1.54) is 6.20 Å². The van der Waals surface area contributed by atoms with E-state index in [9.17, 15) is 9.59 Å². The monoisotopic (exact) mass is 404 g/mol. The van der Waals surface area contributed by atoms with Gasteiger partial charge in [-0.2, -0.15) is 0 Å². The van der Waals surface area contributed by atoms with Crippen molar-refractivity contribution < 1.29 is 19.1 Å². The van der Waals surface area contributed by atoms with Crippen LogP contribution in [0.2, 0.25) is 0 Å². The van der Waals surface area contributed by atoms with Gasteiger partial charge < -0.3 is 20.1 Å². The Morgan fingerprint density at radius 3 is 2.63 bits per heavy atom. The quantitative estimate of drug-likeness (QED) is 0.498. The fraction of sp³-hybridized carbons (Fsp3) is 0.182. The number of nitrogens with zero attached hydrogens (tertiary/aromatic N) is 2. The second-order valence-electron chi connectivity index (χ2n) is 6.48. The number of ether oxygens (including phenoxy) is 2. The van der Waals surface area contributed by atoms with E-state index in [1.807, 2.05) is 0 Å². The maximum atomic E-state index is 12.6. The number of rotatable bonds is 5. The van der Waals surface area contributed by atoms with E-state index in [4.69, 9.17) is 9.47 Å². The Kier molecular flexibility index (Phi) is 5.56. The Balaban J connectivity index is 1.54. The van der Waals surface area contributed by atoms with Crippen LogP contribution in [0.5, 0.6) is 5.75 Å². The summed E-state index contributed by atoms with van der Waals surface area (Å²) in [5.41, 5.74) is 1.40. The van der Waals surface area contributed by atoms with Crippen LogP contribution in [-0.4, -0.2) is 42.6 Å². The van der Waals surface area contributed by atoms with E-state index in [1.54, 1.807) is 55.5 Å². The molecule has 2 N–H and O–H groups in total. The van der Waals surface area contributed by atoms with E-state index < -0.39 is 11.9 Å². The minimum Gasteiger partial charge on any atom is -0.461 e. The van der Waals surface area contributed by atoms with Crippen molar-refractivity contribution >= 4 is 34.4 Å². The summed E-state index contributed by atoms with van der Waals surface area (Å²) < 4.78 is 10.7. The predicted octanol–water partition coefficient (Wildman–Crippen LogP) is 3.00. The van der Waals surface area contributed by atoms with Crippen LogP contribution in [0, 0.1) is 0 Å². The third kappa shape index (κ3) is 4.07. The average molecular weight is 404 g/mol. The van der Waals surface area contributed by atoms with Gasteiger partial charge in [0, 0.05) is 29.2 Å². The van der Waals surface area contributed by atoms with Crippen LogP contribution in [0.25, 0.3) is 10.8 Å². The summed E-state index contributed by atoms with van der Waals surface area (Å²) in [6, 6.07) is 13.7. The van der Waals surface area contributed by atoms with Crippen molar-refractivity contribution in [1.29, 1.82) is 0 Å². The normalized spacial score (nSPS) is 12.8. The molecule has 3 aromatic rings. The molecule has 30 heavy (non-hydrogen) atoms. The Labute approximate surface area is 172 Å². The molecule has 2 heterocycles. The molecule has 0 saturated carbocycles. The van der Waals surface area contributed by atoms with Gasteiger partial charge in [-0.25, -0.2) is 14.6 Å². The number of anilines is 1. The highest BCUT2D eigenvalue weighted by atomic mass is 16.5. The molecule has 0 bridgehead atoms. The lowest BCUT2D eigenvalue weighted by Crippen LogP contribution is -2.26. The minimum absolute atomic E-state index is 0.186. The van der Waals surface area contributed by atoms with Gasteiger partial charge in [0.05, 0.1) is 18.7 Å². The van der Waals surface area contributed by atoms with Crippen molar-refractivity contribution in [3.05, 3.63) is 66.0 Å². The SMILES string of the molecule is CCOC(=O)c1nccc2c(OC(=O)c3ccc(NC4=NCCN4)cc3)cccc12. The van der Waals surface area contributed by atoms with Gasteiger partial charge >= 0.3 is 11.9 Å². The Hall–Kier alpha value is -3.94. The number of aliphatic imine (C=N–C) groups is 1. The molecule has 0 atom stereocenters. The average Bonchev–Trinajstić information content (AvgIpc) is 3.27. The maximum absolute atomic E-state index is 12.6. The van der Waals surface area contributed by atoms with Crippen LogP contribution in [0.1, 0.15) is 27.8 Å². The second kappa shape index (κ2) is 8.60. The summed E-state index contributed by atoms with van der Waals surface area (Å²) >= 11 is 0. The van der Waals surface area contributed by atoms with Crippen molar-refractivity contribution in [2.24, 2.45) is 4.99 Å². The smallest absolute Gasteiger partial charge is 0.357 e. The first kappa shape index (κ1) is 19.4. The van der Waals surface area contributed by atoms with Gasteiger partial charge in [-0.3, -0.25) is 4.99 Å². The predicted molar refractivity (Wildman–Crippen MR) is 113 cm³/mol. The number of carbonyl (C=O) groups is 2. The van der Waals surface area contributed by atoms with E-state index in [0.29, 0.717) is 28.0 Å². The van der Waals surface area contributed by atoms with Crippen LogP contribution >= 0.6 is 0 Å². The molecule has 0 spiro atoms. The molecule has 0 radical (unpaired) electrons. The van der Waals surface area contributed by atoms with E-state index in [2.05, 4.69) is 20.6 Å². The highest BCUT2D eigenvalue weighted by molar-refractivity contribution is 6.05. The molecule has 8 heteroatoms. The number of aromatic nitrogens is 1. The Morgan fingerprint density at radius 2 is 1.90 bits per heavy atom. The highest BCUT2D eigenvalue weighted by Crippen LogP contribution is 2.28. The number of hydrogen-bond donors (Lipinski definition) is 2. The van der Waals surface area contributed by atoms with Crippen molar-refractivity contribution in [1.82, 2.24) is 10.3 Å². The summed E-state index contributed by atoms with van der Waals surface area (Å²) in [7, 11) is 0. The molecule has 0 fully saturated rings. The number of benzene rings is 2. The number of carbonyl (C=O) groups excluding carboxylic acids is 2. The number of pyridine rings is 1. The molecule has 4 rings (SSSR count). The van der Waals surface area contributed by atoms with Gasteiger partial charge in [-0.05, 0) is 43.3 Å². The molecule has 8 nitrogen and oxygen atoms in total. The molecule has 0 aliphatic carbocycles. The topological polar surface area (TPSA) is 102 Å². The summed E-state index contributed by atoms with van der Waals surface area (Å²) in [6.45, 7) is 3.53. The molecule has 0 saturated heterocycles. The number of esters is 2. The van der Waals surface area contributed by atoms with Gasteiger partial charge in [0.1, 0.15) is 5.75 Å². The zero-order chi connectivity index (χ0) is 20.9. The fourth-order valence-corrected chi connectivity index (χ4v) is 3.10. The summed E-state index contributed by atoms with van der Waals surface area (Å²) in [4.78, 5) is 33.2. The molecule has 152 valence electrons. The van der Waals surface area contributed by atoms with Crippen molar-refractivity contribution in [3.8, 4) is 5.75 Å². The highest BCUT2D eigenvalue weighted by Gasteiger charge is 2.17. The van der Waals surface area contributed by atoms with E-state index in [-0.39, 0.29) is 12.3 Å².